The van der Waals surface area contributed by atoms with Crippen LogP contribution in [-0.2, 0) is 6.42 Å². The molecule has 1 N–H and O–H groups in total. The summed E-state index contributed by atoms with van der Waals surface area (Å²) in [6, 6.07) is 16.4. The van der Waals surface area contributed by atoms with E-state index in [9.17, 15) is 24.4 Å². The van der Waals surface area contributed by atoms with Gasteiger partial charge in [-0.2, -0.15) is 0 Å². The maximum absolute atomic E-state index is 13.8. The fourth-order valence-electron chi connectivity index (χ4n) is 4.96. The first kappa shape index (κ1) is 23.5. The van der Waals surface area contributed by atoms with Crippen LogP contribution >= 0.6 is 27.3 Å². The van der Waals surface area contributed by atoms with Gasteiger partial charge in [0, 0.05) is 21.7 Å². The van der Waals surface area contributed by atoms with Crippen LogP contribution in [0.15, 0.2) is 80.5 Å². The lowest BCUT2D eigenvalue weighted by atomic mass is 9.83. The number of phenolic OH excluding ortho intramolecular Hbond substituents is 1. The number of benzene rings is 3. The summed E-state index contributed by atoms with van der Waals surface area (Å²) in [6.45, 7) is 0. The molecule has 1 aromatic heterocycles. The van der Waals surface area contributed by atoms with Crippen LogP contribution in [0.3, 0.4) is 0 Å². The molecule has 1 aliphatic carbocycles. The number of halogens is 2. The number of nitro groups is 1. The highest BCUT2D eigenvalue weighted by Crippen LogP contribution is 2.41. The number of thiazole rings is 1. The first-order valence-corrected chi connectivity index (χ1v) is 13.0. The molecule has 0 radical (unpaired) electrons. The van der Waals surface area contributed by atoms with Gasteiger partial charge in [0.1, 0.15) is 5.82 Å². The SMILES string of the molecule is O=c1/c(=C\c2cc(Br)cc([N+](=O)[O-])c2O)sc2n1[C@H](c1ccc(F)cc1)C1=C(N=2)c2ccccc2CC1. The summed E-state index contributed by atoms with van der Waals surface area (Å²) < 4.78 is 16.0. The number of hydrogen-bond acceptors (Lipinski definition) is 6. The van der Waals surface area contributed by atoms with E-state index >= 15 is 0 Å². The van der Waals surface area contributed by atoms with Crippen molar-refractivity contribution in [1.29, 1.82) is 0 Å². The Morgan fingerprint density at radius 1 is 1.16 bits per heavy atom. The van der Waals surface area contributed by atoms with Crippen LogP contribution in [0.5, 0.6) is 5.75 Å². The van der Waals surface area contributed by atoms with E-state index in [0.29, 0.717) is 15.7 Å². The molecule has 184 valence electrons. The summed E-state index contributed by atoms with van der Waals surface area (Å²) in [5, 5.41) is 21.9. The van der Waals surface area contributed by atoms with E-state index < -0.39 is 22.4 Å². The van der Waals surface area contributed by atoms with Gasteiger partial charge in [0.05, 0.1) is 21.2 Å². The number of fused-ring (bicyclic) bond motifs is 3. The quantitative estimate of drug-likeness (QED) is 0.278. The standard InChI is InChI=1S/C27H17BrFN3O4S/c28-17-11-16(25(33)21(13-17)32(35)36)12-22-26(34)31-24(15-5-8-18(29)9-6-15)20-10-7-14-3-1-2-4-19(14)23(20)30-27(31)37-22/h1-6,8-9,11-13,24,33H,7,10H2/b22-12+/t24-/m1/s1. The van der Waals surface area contributed by atoms with Crippen LogP contribution in [0.2, 0.25) is 0 Å². The molecule has 0 fully saturated rings. The Balaban J connectivity index is 1.62. The van der Waals surface area contributed by atoms with E-state index in [0.717, 1.165) is 40.2 Å². The molecule has 6 rings (SSSR count). The van der Waals surface area contributed by atoms with Crippen LogP contribution in [0.25, 0.3) is 11.8 Å². The van der Waals surface area contributed by atoms with Gasteiger partial charge in [-0.3, -0.25) is 19.5 Å². The van der Waals surface area contributed by atoms with Gasteiger partial charge in [-0.05, 0) is 53.8 Å². The van der Waals surface area contributed by atoms with E-state index in [1.807, 2.05) is 18.2 Å². The molecule has 1 aliphatic heterocycles. The zero-order valence-corrected chi connectivity index (χ0v) is 21.4. The Hall–Kier alpha value is -3.89. The van der Waals surface area contributed by atoms with Crippen LogP contribution in [-0.4, -0.2) is 14.6 Å². The third-order valence-electron chi connectivity index (χ3n) is 6.63. The minimum absolute atomic E-state index is 0.138. The van der Waals surface area contributed by atoms with Crippen LogP contribution in [0.1, 0.15) is 34.7 Å². The van der Waals surface area contributed by atoms with Crippen molar-refractivity contribution in [3.8, 4) is 5.75 Å². The number of rotatable bonds is 3. The minimum Gasteiger partial charge on any atom is -0.502 e. The van der Waals surface area contributed by atoms with Crippen molar-refractivity contribution >= 4 is 44.7 Å². The summed E-state index contributed by atoms with van der Waals surface area (Å²) in [5.41, 5.74) is 4.06. The lowest BCUT2D eigenvalue weighted by Gasteiger charge is -2.30. The number of nitro benzene ring substituents is 1. The number of aromatic hydroxyl groups is 1. The highest BCUT2D eigenvalue weighted by molar-refractivity contribution is 9.10. The van der Waals surface area contributed by atoms with Gasteiger partial charge in [-0.15, -0.1) is 0 Å². The number of nitrogens with zero attached hydrogens (tertiary/aromatic N) is 3. The topological polar surface area (TPSA) is 97.7 Å². The van der Waals surface area contributed by atoms with Gasteiger partial charge in [0.25, 0.3) is 5.56 Å². The van der Waals surface area contributed by atoms with Gasteiger partial charge in [-0.25, -0.2) is 9.38 Å². The van der Waals surface area contributed by atoms with Crippen molar-refractivity contribution < 1.29 is 14.4 Å². The smallest absolute Gasteiger partial charge is 0.312 e. The average molecular weight is 578 g/mol. The molecular weight excluding hydrogens is 561 g/mol. The molecule has 37 heavy (non-hydrogen) atoms. The second kappa shape index (κ2) is 8.89. The Labute approximate surface area is 221 Å². The van der Waals surface area contributed by atoms with Crippen molar-refractivity contribution in [2.45, 2.75) is 18.9 Å². The van der Waals surface area contributed by atoms with Crippen molar-refractivity contribution in [1.82, 2.24) is 4.57 Å². The zero-order chi connectivity index (χ0) is 25.8. The monoisotopic (exact) mass is 577 g/mol. The Kier molecular flexibility index (Phi) is 5.65. The van der Waals surface area contributed by atoms with Crippen LogP contribution in [0.4, 0.5) is 10.1 Å². The van der Waals surface area contributed by atoms with Gasteiger partial charge in [-0.1, -0.05) is 63.7 Å². The van der Waals surface area contributed by atoms with Gasteiger partial charge >= 0.3 is 5.69 Å². The third-order valence-corrected chi connectivity index (χ3v) is 8.07. The lowest BCUT2D eigenvalue weighted by molar-refractivity contribution is -0.385. The predicted octanol–water partition coefficient (Wildman–Crippen LogP) is 4.83. The molecule has 1 atom stereocenters. The Morgan fingerprint density at radius 3 is 2.68 bits per heavy atom. The number of aromatic nitrogens is 1. The molecule has 0 bridgehead atoms. The van der Waals surface area contributed by atoms with Gasteiger partial charge < -0.3 is 5.11 Å². The van der Waals surface area contributed by atoms with E-state index in [2.05, 4.69) is 22.0 Å². The maximum Gasteiger partial charge on any atom is 0.312 e. The Morgan fingerprint density at radius 2 is 1.92 bits per heavy atom. The highest BCUT2D eigenvalue weighted by Gasteiger charge is 2.32. The average Bonchev–Trinajstić information content (AvgIpc) is 3.19. The molecule has 0 amide bonds. The maximum atomic E-state index is 13.8. The summed E-state index contributed by atoms with van der Waals surface area (Å²) in [7, 11) is 0. The van der Waals surface area contributed by atoms with Crippen LogP contribution in [0, 0.1) is 15.9 Å². The number of aryl methyl sites for hydroxylation is 1. The molecule has 7 nitrogen and oxygen atoms in total. The summed E-state index contributed by atoms with van der Waals surface area (Å²) in [4.78, 5) is 29.8. The predicted molar refractivity (Wildman–Crippen MR) is 142 cm³/mol. The second-order valence-electron chi connectivity index (χ2n) is 8.79. The molecular formula is C27H17BrFN3O4S. The fourth-order valence-corrected chi connectivity index (χ4v) is 6.42. The molecule has 2 aliphatic rings. The minimum atomic E-state index is -0.681. The van der Waals surface area contributed by atoms with Crippen LogP contribution < -0.4 is 14.9 Å². The molecule has 0 spiro atoms. The van der Waals surface area contributed by atoms with Gasteiger partial charge in [0.2, 0.25) is 5.75 Å². The van der Waals surface area contributed by atoms with Crippen molar-refractivity contribution in [3.05, 3.63) is 129 Å². The summed E-state index contributed by atoms with van der Waals surface area (Å²) in [5.74, 6) is -0.895. The molecule has 2 heterocycles. The first-order valence-electron chi connectivity index (χ1n) is 11.4. The summed E-state index contributed by atoms with van der Waals surface area (Å²) in [6.07, 6.45) is 2.93. The van der Waals surface area contributed by atoms with Gasteiger partial charge in [0.15, 0.2) is 4.80 Å². The second-order valence-corrected chi connectivity index (χ2v) is 10.7. The molecule has 0 saturated carbocycles. The number of allylic oxidation sites excluding steroid dienone is 1. The van der Waals surface area contributed by atoms with E-state index in [1.165, 1.54) is 35.9 Å². The highest BCUT2D eigenvalue weighted by atomic mass is 79.9. The summed E-state index contributed by atoms with van der Waals surface area (Å²) >= 11 is 4.38. The van der Waals surface area contributed by atoms with E-state index in [-0.39, 0.29) is 21.5 Å². The van der Waals surface area contributed by atoms with Crippen molar-refractivity contribution in [2.24, 2.45) is 4.99 Å². The van der Waals surface area contributed by atoms with Crippen molar-refractivity contribution in [2.75, 3.05) is 0 Å². The normalized spacial score (nSPS) is 16.6. The zero-order valence-electron chi connectivity index (χ0n) is 19.0. The number of phenols is 1. The third kappa shape index (κ3) is 3.93. The van der Waals surface area contributed by atoms with E-state index in [1.54, 1.807) is 16.7 Å². The molecule has 3 aromatic carbocycles. The fraction of sp³-hybridized carbons (Fsp3) is 0.111. The number of hydrogen-bond donors (Lipinski definition) is 1. The molecule has 4 aromatic rings. The first-order chi connectivity index (χ1) is 17.8. The Bertz CT molecular complexity index is 1830. The lowest BCUT2D eigenvalue weighted by Crippen LogP contribution is -2.38. The van der Waals surface area contributed by atoms with Crippen molar-refractivity contribution in [3.63, 3.8) is 0 Å². The molecule has 0 unspecified atom stereocenters. The van der Waals surface area contributed by atoms with E-state index in [4.69, 9.17) is 4.99 Å². The largest absolute Gasteiger partial charge is 0.502 e. The molecule has 10 heteroatoms. The molecule has 0 saturated heterocycles.